The summed E-state index contributed by atoms with van der Waals surface area (Å²) in [7, 11) is 1.99. The first-order valence-electron chi connectivity index (χ1n) is 6.23. The molecule has 5 nitrogen and oxygen atoms in total. The molecular weight excluding hydrogens is 220 g/mol. The number of nitrogens with one attached hydrogen (secondary N) is 1. The van der Waals surface area contributed by atoms with Crippen molar-refractivity contribution in [1.82, 2.24) is 10.2 Å². The van der Waals surface area contributed by atoms with Crippen molar-refractivity contribution in [3.63, 3.8) is 0 Å². The predicted octanol–water partition coefficient (Wildman–Crippen LogP) is 0.555. The maximum absolute atomic E-state index is 11.8. The molecule has 0 saturated carbocycles. The fourth-order valence-electron chi connectivity index (χ4n) is 2.18. The summed E-state index contributed by atoms with van der Waals surface area (Å²) in [5, 5.41) is 11.7. The van der Waals surface area contributed by atoms with Crippen molar-refractivity contribution >= 4 is 11.9 Å². The van der Waals surface area contributed by atoms with Gasteiger partial charge in [0.1, 0.15) is 0 Å². The topological polar surface area (TPSA) is 69.6 Å². The average molecular weight is 242 g/mol. The number of likely N-dealkylation sites (tertiary alicyclic amines) is 1. The van der Waals surface area contributed by atoms with Gasteiger partial charge in [0.15, 0.2) is 0 Å². The minimum atomic E-state index is -0.823. The van der Waals surface area contributed by atoms with E-state index in [4.69, 9.17) is 5.11 Å². The standard InChI is InChI=1S/C12H22N2O3/c1-3-4-9(12(16)17)7-13-11(15)10-5-6-14(2)8-10/h9-10H,3-8H2,1-2H3,(H,13,15)(H,16,17). The van der Waals surface area contributed by atoms with E-state index < -0.39 is 11.9 Å². The minimum Gasteiger partial charge on any atom is -0.481 e. The number of hydrogen-bond acceptors (Lipinski definition) is 3. The number of aliphatic carboxylic acids is 1. The maximum atomic E-state index is 11.8. The molecule has 1 aliphatic rings. The minimum absolute atomic E-state index is 0.00305. The van der Waals surface area contributed by atoms with E-state index in [9.17, 15) is 9.59 Å². The number of nitrogens with zero attached hydrogens (tertiary/aromatic N) is 1. The molecule has 1 fully saturated rings. The Morgan fingerprint density at radius 2 is 2.24 bits per heavy atom. The molecule has 0 aromatic carbocycles. The molecule has 0 bridgehead atoms. The van der Waals surface area contributed by atoms with Gasteiger partial charge in [-0.2, -0.15) is 0 Å². The number of carbonyl (C=O) groups excluding carboxylic acids is 1. The summed E-state index contributed by atoms with van der Waals surface area (Å²) in [6.45, 7) is 3.92. The molecule has 1 saturated heterocycles. The highest BCUT2D eigenvalue weighted by atomic mass is 16.4. The Morgan fingerprint density at radius 3 is 2.71 bits per heavy atom. The first-order chi connectivity index (χ1) is 8.04. The number of carboxylic acid groups (broad SMARTS) is 1. The van der Waals surface area contributed by atoms with E-state index in [1.165, 1.54) is 0 Å². The van der Waals surface area contributed by atoms with Crippen LogP contribution in [0.25, 0.3) is 0 Å². The maximum Gasteiger partial charge on any atom is 0.308 e. The fourth-order valence-corrected chi connectivity index (χ4v) is 2.18. The van der Waals surface area contributed by atoms with E-state index in [0.717, 1.165) is 25.9 Å². The molecule has 5 heteroatoms. The molecule has 0 radical (unpaired) electrons. The van der Waals surface area contributed by atoms with Crippen LogP contribution >= 0.6 is 0 Å². The monoisotopic (exact) mass is 242 g/mol. The van der Waals surface area contributed by atoms with Crippen molar-refractivity contribution in [2.75, 3.05) is 26.7 Å². The van der Waals surface area contributed by atoms with Crippen LogP contribution < -0.4 is 5.32 Å². The molecule has 2 unspecified atom stereocenters. The van der Waals surface area contributed by atoms with Gasteiger partial charge in [-0.05, 0) is 26.4 Å². The summed E-state index contributed by atoms with van der Waals surface area (Å²) in [4.78, 5) is 24.8. The molecule has 2 atom stereocenters. The van der Waals surface area contributed by atoms with Crippen molar-refractivity contribution in [2.45, 2.75) is 26.2 Å². The number of carboxylic acids is 1. The van der Waals surface area contributed by atoms with Crippen molar-refractivity contribution < 1.29 is 14.7 Å². The molecule has 0 spiro atoms. The second kappa shape index (κ2) is 6.59. The predicted molar refractivity (Wildman–Crippen MR) is 64.6 cm³/mol. The molecule has 1 heterocycles. The van der Waals surface area contributed by atoms with Crippen LogP contribution in [0.5, 0.6) is 0 Å². The smallest absolute Gasteiger partial charge is 0.308 e. The van der Waals surface area contributed by atoms with Gasteiger partial charge in [-0.25, -0.2) is 0 Å². The molecule has 1 aliphatic heterocycles. The highest BCUT2D eigenvalue weighted by Crippen LogP contribution is 2.14. The first-order valence-corrected chi connectivity index (χ1v) is 6.23. The van der Waals surface area contributed by atoms with Crippen molar-refractivity contribution in [2.24, 2.45) is 11.8 Å². The van der Waals surface area contributed by atoms with Gasteiger partial charge in [-0.3, -0.25) is 9.59 Å². The molecule has 17 heavy (non-hydrogen) atoms. The number of carbonyl (C=O) groups is 2. The molecule has 98 valence electrons. The Bertz CT molecular complexity index is 281. The Labute approximate surface area is 102 Å². The zero-order chi connectivity index (χ0) is 12.8. The van der Waals surface area contributed by atoms with Crippen LogP contribution in [0.2, 0.25) is 0 Å². The van der Waals surface area contributed by atoms with Crippen LogP contribution in [0.3, 0.4) is 0 Å². The Kier molecular flexibility index (Phi) is 5.41. The molecule has 1 amide bonds. The largest absolute Gasteiger partial charge is 0.481 e. The van der Waals surface area contributed by atoms with Gasteiger partial charge in [0.2, 0.25) is 5.91 Å². The van der Waals surface area contributed by atoms with Crippen LogP contribution in [-0.4, -0.2) is 48.6 Å². The lowest BCUT2D eigenvalue weighted by molar-refractivity contribution is -0.142. The van der Waals surface area contributed by atoms with Crippen molar-refractivity contribution in [1.29, 1.82) is 0 Å². The average Bonchev–Trinajstić information content (AvgIpc) is 2.70. The summed E-state index contributed by atoms with van der Waals surface area (Å²) < 4.78 is 0. The summed E-state index contributed by atoms with van der Waals surface area (Å²) in [5.41, 5.74) is 0. The van der Waals surface area contributed by atoms with Gasteiger partial charge in [0.25, 0.3) is 0 Å². The second-order valence-electron chi connectivity index (χ2n) is 4.82. The third-order valence-corrected chi connectivity index (χ3v) is 3.27. The second-order valence-corrected chi connectivity index (χ2v) is 4.82. The van der Waals surface area contributed by atoms with Gasteiger partial charge in [-0.15, -0.1) is 0 Å². The van der Waals surface area contributed by atoms with Gasteiger partial charge in [0.05, 0.1) is 11.8 Å². The van der Waals surface area contributed by atoms with Gasteiger partial charge in [-0.1, -0.05) is 13.3 Å². The Morgan fingerprint density at radius 1 is 1.53 bits per heavy atom. The number of amides is 1. The normalized spacial score (nSPS) is 22.4. The third-order valence-electron chi connectivity index (χ3n) is 3.27. The molecular formula is C12H22N2O3. The van der Waals surface area contributed by atoms with Crippen LogP contribution in [0.4, 0.5) is 0 Å². The molecule has 0 aromatic heterocycles. The Hall–Kier alpha value is -1.10. The zero-order valence-electron chi connectivity index (χ0n) is 10.6. The lowest BCUT2D eigenvalue weighted by atomic mass is 10.0. The highest BCUT2D eigenvalue weighted by Gasteiger charge is 2.27. The van der Waals surface area contributed by atoms with E-state index in [1.807, 2.05) is 14.0 Å². The quantitative estimate of drug-likeness (QED) is 0.714. The fraction of sp³-hybridized carbons (Fsp3) is 0.833. The van der Waals surface area contributed by atoms with E-state index in [-0.39, 0.29) is 18.4 Å². The van der Waals surface area contributed by atoms with Gasteiger partial charge >= 0.3 is 5.97 Å². The van der Waals surface area contributed by atoms with Gasteiger partial charge in [0, 0.05) is 13.1 Å². The molecule has 1 rings (SSSR count). The molecule has 0 aliphatic carbocycles. The first kappa shape index (κ1) is 14.0. The van der Waals surface area contributed by atoms with E-state index >= 15 is 0 Å². The van der Waals surface area contributed by atoms with Crippen molar-refractivity contribution in [3.05, 3.63) is 0 Å². The van der Waals surface area contributed by atoms with Crippen LogP contribution in [0, 0.1) is 11.8 Å². The van der Waals surface area contributed by atoms with Crippen molar-refractivity contribution in [3.8, 4) is 0 Å². The summed E-state index contributed by atoms with van der Waals surface area (Å²) in [6.07, 6.45) is 2.30. The summed E-state index contributed by atoms with van der Waals surface area (Å²) >= 11 is 0. The number of hydrogen-bond donors (Lipinski definition) is 2. The molecule has 2 N–H and O–H groups in total. The third kappa shape index (κ3) is 4.34. The lowest BCUT2D eigenvalue weighted by Gasteiger charge is -2.15. The molecule has 0 aromatic rings. The van der Waals surface area contributed by atoms with Gasteiger partial charge < -0.3 is 15.3 Å². The zero-order valence-corrected chi connectivity index (χ0v) is 10.6. The van der Waals surface area contributed by atoms with Crippen LogP contribution in [0.1, 0.15) is 26.2 Å². The van der Waals surface area contributed by atoms with Crippen LogP contribution in [-0.2, 0) is 9.59 Å². The van der Waals surface area contributed by atoms with E-state index in [0.29, 0.717) is 6.42 Å². The van der Waals surface area contributed by atoms with Crippen LogP contribution in [0.15, 0.2) is 0 Å². The summed E-state index contributed by atoms with van der Waals surface area (Å²) in [5.74, 6) is -1.26. The highest BCUT2D eigenvalue weighted by molar-refractivity contribution is 5.80. The SMILES string of the molecule is CCCC(CNC(=O)C1CCN(C)C1)C(=O)O. The summed E-state index contributed by atoms with van der Waals surface area (Å²) in [6, 6.07) is 0. The Balaban J connectivity index is 2.33. The number of rotatable bonds is 6. The van der Waals surface area contributed by atoms with E-state index in [2.05, 4.69) is 10.2 Å². The van der Waals surface area contributed by atoms with E-state index in [1.54, 1.807) is 0 Å². The lowest BCUT2D eigenvalue weighted by Crippen LogP contribution is -2.37.